The Morgan fingerprint density at radius 1 is 1.06 bits per heavy atom. The molecule has 3 rings (SSSR count). The zero-order valence-corrected chi connectivity index (χ0v) is 17.2. The van der Waals surface area contributed by atoms with E-state index in [1.807, 2.05) is 0 Å². The van der Waals surface area contributed by atoms with Gasteiger partial charge < -0.3 is 19.6 Å². The van der Waals surface area contributed by atoms with Crippen LogP contribution < -0.4 is 5.43 Å². The van der Waals surface area contributed by atoms with Crippen LogP contribution in [0.1, 0.15) is 52.2 Å². The average molecular weight is 425 g/mol. The van der Waals surface area contributed by atoms with E-state index in [0.717, 1.165) is 5.56 Å². The first-order valence-corrected chi connectivity index (χ1v) is 9.87. The number of aromatic nitrogens is 1. The topological polar surface area (TPSA) is 130 Å². The van der Waals surface area contributed by atoms with E-state index in [-0.39, 0.29) is 41.4 Å². The normalized spacial score (nSPS) is 14.3. The summed E-state index contributed by atoms with van der Waals surface area (Å²) < 4.78 is 10.1. The van der Waals surface area contributed by atoms with Crippen molar-refractivity contribution in [3.63, 3.8) is 0 Å². The summed E-state index contributed by atoms with van der Waals surface area (Å²) in [7, 11) is 0. The molecule has 2 aromatic rings. The Kier molecular flexibility index (Phi) is 6.86. The molecule has 3 N–H and O–H groups in total. The number of benzene rings is 1. The van der Waals surface area contributed by atoms with Gasteiger partial charge in [0, 0.05) is 6.20 Å². The van der Waals surface area contributed by atoms with Crippen molar-refractivity contribution in [2.75, 3.05) is 13.2 Å². The number of phenolic OH excluding ortho intramolecular Hbond substituents is 1. The predicted molar refractivity (Wildman–Crippen MR) is 113 cm³/mol. The summed E-state index contributed by atoms with van der Waals surface area (Å²) in [5, 5.41) is 13.5. The minimum absolute atomic E-state index is 0.00499. The summed E-state index contributed by atoms with van der Waals surface area (Å²) >= 11 is 0. The summed E-state index contributed by atoms with van der Waals surface area (Å²) in [6, 6.07) is 6.76. The van der Waals surface area contributed by atoms with Crippen LogP contribution in [0.15, 0.2) is 41.1 Å². The Labute approximate surface area is 178 Å². The van der Waals surface area contributed by atoms with Crippen LogP contribution in [-0.4, -0.2) is 46.9 Å². The molecule has 0 saturated heterocycles. The predicted octanol–water partition coefficient (Wildman–Crippen LogP) is 2.58. The second kappa shape index (κ2) is 9.75. The number of aromatic amines is 1. The van der Waals surface area contributed by atoms with E-state index in [0.29, 0.717) is 18.6 Å². The molecule has 9 heteroatoms. The Morgan fingerprint density at radius 2 is 1.74 bits per heavy atom. The fraction of sp³-hybridized carbons (Fsp3) is 0.273. The molecule has 0 spiro atoms. The molecule has 9 nitrogen and oxygen atoms in total. The van der Waals surface area contributed by atoms with E-state index < -0.39 is 17.8 Å². The Morgan fingerprint density at radius 3 is 2.42 bits per heavy atom. The summed E-state index contributed by atoms with van der Waals surface area (Å²) in [6.07, 6.45) is 3.88. The lowest BCUT2D eigenvalue weighted by molar-refractivity contribution is -0.116. The van der Waals surface area contributed by atoms with Gasteiger partial charge >= 0.3 is 11.9 Å². The van der Waals surface area contributed by atoms with Crippen LogP contribution in [0.2, 0.25) is 0 Å². The summed E-state index contributed by atoms with van der Waals surface area (Å²) in [5.74, 6) is -1.60. The van der Waals surface area contributed by atoms with Crippen molar-refractivity contribution in [1.82, 2.24) is 10.4 Å². The maximum atomic E-state index is 12.5. The van der Waals surface area contributed by atoms with Crippen LogP contribution in [0.25, 0.3) is 6.08 Å². The number of nitrogens with zero attached hydrogens (tertiary/aromatic N) is 1. The molecule has 0 radical (unpaired) electrons. The maximum absolute atomic E-state index is 12.5. The lowest BCUT2D eigenvalue weighted by Gasteiger charge is -2.06. The number of nitrogens with one attached hydrogen (secondary N) is 2. The fourth-order valence-corrected chi connectivity index (χ4v) is 3.13. The lowest BCUT2D eigenvalue weighted by atomic mass is 10.0. The van der Waals surface area contributed by atoms with E-state index in [1.165, 1.54) is 12.3 Å². The Bertz CT molecular complexity index is 1050. The van der Waals surface area contributed by atoms with Gasteiger partial charge in [0.2, 0.25) is 0 Å². The van der Waals surface area contributed by atoms with Gasteiger partial charge in [-0.05, 0) is 50.5 Å². The number of rotatable bonds is 8. The number of phenols is 1. The number of H-pyrrole nitrogens is 1. The van der Waals surface area contributed by atoms with E-state index in [4.69, 9.17) is 9.47 Å². The third-order valence-corrected chi connectivity index (χ3v) is 4.61. The largest absolute Gasteiger partial charge is 0.508 e. The van der Waals surface area contributed by atoms with Gasteiger partial charge in [0.1, 0.15) is 5.75 Å². The molecule has 0 aliphatic carbocycles. The van der Waals surface area contributed by atoms with Crippen LogP contribution in [0.3, 0.4) is 0 Å². The standard InChI is InChI=1S/C22H23N3O6/c1-3-30-21(28)16-12-23-18(19(16)22(29)31-4-2)11-15-17(24-25-20(15)27)10-7-13-5-8-14(26)9-6-13/h5-6,8-9,11-12,23,26H,3-4,7,10H2,1-2H3,(H,25,27)/b15-11+. The Balaban J connectivity index is 1.89. The van der Waals surface area contributed by atoms with Crippen molar-refractivity contribution >= 4 is 29.6 Å². The molecule has 1 aromatic heterocycles. The molecular weight excluding hydrogens is 402 g/mol. The average Bonchev–Trinajstić information content (AvgIpc) is 3.32. The van der Waals surface area contributed by atoms with Gasteiger partial charge in [0.05, 0.1) is 41.3 Å². The van der Waals surface area contributed by atoms with E-state index in [2.05, 4.69) is 15.5 Å². The van der Waals surface area contributed by atoms with Crippen LogP contribution in [-0.2, 0) is 20.7 Å². The van der Waals surface area contributed by atoms with Crippen molar-refractivity contribution in [1.29, 1.82) is 0 Å². The second-order valence-corrected chi connectivity index (χ2v) is 6.66. The molecular formula is C22H23N3O6. The van der Waals surface area contributed by atoms with Crippen LogP contribution >= 0.6 is 0 Å². The summed E-state index contributed by atoms with van der Waals surface area (Å²) in [4.78, 5) is 40.0. The zero-order valence-electron chi connectivity index (χ0n) is 17.2. The molecule has 0 unspecified atom stereocenters. The molecule has 2 heterocycles. The van der Waals surface area contributed by atoms with Crippen molar-refractivity contribution < 1.29 is 29.0 Å². The lowest BCUT2D eigenvalue weighted by Crippen LogP contribution is -2.15. The smallest absolute Gasteiger partial charge is 0.341 e. The quantitative estimate of drug-likeness (QED) is 0.440. The highest BCUT2D eigenvalue weighted by Crippen LogP contribution is 2.23. The minimum atomic E-state index is -0.695. The minimum Gasteiger partial charge on any atom is -0.508 e. The number of hydrogen-bond donors (Lipinski definition) is 3. The van der Waals surface area contributed by atoms with Crippen LogP contribution in [0.5, 0.6) is 5.75 Å². The number of ether oxygens (including phenoxy) is 2. The molecule has 1 aromatic carbocycles. The molecule has 162 valence electrons. The molecule has 1 aliphatic rings. The maximum Gasteiger partial charge on any atom is 0.341 e. The number of amides is 1. The molecule has 1 amide bonds. The molecule has 1 aliphatic heterocycles. The molecule has 0 fully saturated rings. The number of hydrazone groups is 1. The number of carbonyl (C=O) groups excluding carboxylic acids is 3. The highest BCUT2D eigenvalue weighted by atomic mass is 16.5. The summed E-state index contributed by atoms with van der Waals surface area (Å²) in [6.45, 7) is 3.60. The SMILES string of the molecule is CCOC(=O)c1c[nH]c(/C=C2/C(=O)NN=C2CCc2ccc(O)cc2)c1C(=O)OCC. The first-order chi connectivity index (χ1) is 14.9. The summed E-state index contributed by atoms with van der Waals surface area (Å²) in [5.41, 5.74) is 4.49. The number of aromatic hydroxyl groups is 1. The van der Waals surface area contributed by atoms with Gasteiger partial charge in [-0.2, -0.15) is 5.10 Å². The third-order valence-electron chi connectivity index (χ3n) is 4.61. The van der Waals surface area contributed by atoms with E-state index >= 15 is 0 Å². The number of aryl methyl sites for hydroxylation is 1. The van der Waals surface area contributed by atoms with Gasteiger partial charge in [0.15, 0.2) is 0 Å². The van der Waals surface area contributed by atoms with Gasteiger partial charge in [-0.3, -0.25) is 4.79 Å². The zero-order chi connectivity index (χ0) is 22.4. The third kappa shape index (κ3) is 5.00. The van der Waals surface area contributed by atoms with Crippen molar-refractivity contribution in [3.05, 3.63) is 58.4 Å². The first-order valence-electron chi connectivity index (χ1n) is 9.87. The van der Waals surface area contributed by atoms with E-state index in [1.54, 1.807) is 38.1 Å². The van der Waals surface area contributed by atoms with Crippen LogP contribution in [0, 0.1) is 0 Å². The van der Waals surface area contributed by atoms with Gasteiger partial charge in [-0.25, -0.2) is 15.0 Å². The van der Waals surface area contributed by atoms with Gasteiger partial charge in [0.25, 0.3) is 5.91 Å². The number of hydrogen-bond acceptors (Lipinski definition) is 7. The molecule has 0 bridgehead atoms. The Hall–Kier alpha value is -3.88. The number of carbonyl (C=O) groups is 3. The monoisotopic (exact) mass is 425 g/mol. The molecule has 31 heavy (non-hydrogen) atoms. The highest BCUT2D eigenvalue weighted by molar-refractivity contribution is 6.27. The van der Waals surface area contributed by atoms with Gasteiger partial charge in [-0.1, -0.05) is 12.1 Å². The number of esters is 2. The molecule has 0 atom stereocenters. The van der Waals surface area contributed by atoms with Gasteiger partial charge in [-0.15, -0.1) is 0 Å². The van der Waals surface area contributed by atoms with Crippen LogP contribution in [0.4, 0.5) is 0 Å². The highest BCUT2D eigenvalue weighted by Gasteiger charge is 2.28. The fourth-order valence-electron chi connectivity index (χ4n) is 3.13. The first kappa shape index (κ1) is 21.8. The second-order valence-electron chi connectivity index (χ2n) is 6.66. The molecule has 0 saturated carbocycles. The van der Waals surface area contributed by atoms with Crippen molar-refractivity contribution in [3.8, 4) is 5.75 Å². The van der Waals surface area contributed by atoms with Crippen molar-refractivity contribution in [2.45, 2.75) is 26.7 Å². The van der Waals surface area contributed by atoms with E-state index in [9.17, 15) is 19.5 Å². The van der Waals surface area contributed by atoms with Crippen molar-refractivity contribution in [2.24, 2.45) is 5.10 Å².